The Morgan fingerprint density at radius 2 is 2.00 bits per heavy atom. The summed E-state index contributed by atoms with van der Waals surface area (Å²) in [6, 6.07) is 11.7. The van der Waals surface area contributed by atoms with Crippen molar-refractivity contribution in [2.24, 2.45) is 0 Å². The molecule has 1 amide bonds. The van der Waals surface area contributed by atoms with E-state index >= 15 is 0 Å². The Hall–Kier alpha value is -1.81. The van der Waals surface area contributed by atoms with Gasteiger partial charge in [-0.1, -0.05) is 18.2 Å². The first-order valence-electron chi connectivity index (χ1n) is 6.12. The van der Waals surface area contributed by atoms with Crippen molar-refractivity contribution in [3.63, 3.8) is 0 Å². The second-order valence-electron chi connectivity index (χ2n) is 4.30. The summed E-state index contributed by atoms with van der Waals surface area (Å²) in [5.41, 5.74) is 1.20. The van der Waals surface area contributed by atoms with E-state index in [1.807, 2.05) is 48.8 Å². The number of carbonyl (C=O) groups is 1. The van der Waals surface area contributed by atoms with Crippen LogP contribution in [0.3, 0.4) is 0 Å². The quantitative estimate of drug-likeness (QED) is 0.839. The Bertz CT molecular complexity index is 520. The molecular weight excluding hydrogens is 258 g/mol. The van der Waals surface area contributed by atoms with Crippen LogP contribution in [-0.2, 0) is 6.42 Å². The van der Waals surface area contributed by atoms with Gasteiger partial charge in [-0.05, 0) is 35.6 Å². The molecule has 19 heavy (non-hydrogen) atoms. The summed E-state index contributed by atoms with van der Waals surface area (Å²) in [4.78, 5) is 14.6. The highest BCUT2D eigenvalue weighted by molar-refractivity contribution is 7.12. The number of benzene rings is 1. The molecule has 0 saturated heterocycles. The number of likely N-dealkylation sites (N-methyl/N-ethyl adjacent to an activating group) is 1. The van der Waals surface area contributed by atoms with Crippen LogP contribution >= 0.6 is 11.3 Å². The number of rotatable bonds is 5. The van der Waals surface area contributed by atoms with Gasteiger partial charge in [0.1, 0.15) is 5.75 Å². The number of nitrogens with zero attached hydrogens (tertiary/aromatic N) is 1. The van der Waals surface area contributed by atoms with Gasteiger partial charge >= 0.3 is 0 Å². The minimum Gasteiger partial charge on any atom is -0.497 e. The van der Waals surface area contributed by atoms with E-state index in [9.17, 15) is 4.79 Å². The molecule has 1 heterocycles. The summed E-state index contributed by atoms with van der Waals surface area (Å²) in [6.45, 7) is 0.711. The van der Waals surface area contributed by atoms with Crippen molar-refractivity contribution < 1.29 is 9.53 Å². The lowest BCUT2D eigenvalue weighted by atomic mass is 10.1. The maximum absolute atomic E-state index is 12.0. The Morgan fingerprint density at radius 3 is 2.58 bits per heavy atom. The van der Waals surface area contributed by atoms with Crippen molar-refractivity contribution in [3.8, 4) is 5.75 Å². The summed E-state index contributed by atoms with van der Waals surface area (Å²) < 4.78 is 5.12. The molecule has 0 aliphatic rings. The lowest BCUT2D eigenvalue weighted by Gasteiger charge is -2.16. The number of hydrogen-bond acceptors (Lipinski definition) is 3. The number of thiophene rings is 1. The third kappa shape index (κ3) is 3.58. The van der Waals surface area contributed by atoms with E-state index in [2.05, 4.69) is 0 Å². The van der Waals surface area contributed by atoms with Gasteiger partial charge in [-0.3, -0.25) is 4.79 Å². The Balaban J connectivity index is 1.89. The molecule has 2 aromatic rings. The van der Waals surface area contributed by atoms with Crippen LogP contribution in [-0.4, -0.2) is 31.5 Å². The van der Waals surface area contributed by atoms with Crippen molar-refractivity contribution in [3.05, 3.63) is 52.2 Å². The molecule has 4 heteroatoms. The van der Waals surface area contributed by atoms with Crippen molar-refractivity contribution in [2.45, 2.75) is 6.42 Å². The van der Waals surface area contributed by atoms with Crippen LogP contribution in [0.4, 0.5) is 0 Å². The standard InChI is InChI=1S/C15H17NO2S/c1-16(15(17)14-4-3-11-19-14)10-9-12-5-7-13(18-2)8-6-12/h3-8,11H,9-10H2,1-2H3. The summed E-state index contributed by atoms with van der Waals surface area (Å²) >= 11 is 1.48. The van der Waals surface area contributed by atoms with Crippen LogP contribution in [0.15, 0.2) is 41.8 Å². The number of amides is 1. The Labute approximate surface area is 117 Å². The second kappa shape index (κ2) is 6.38. The molecule has 3 nitrogen and oxygen atoms in total. The lowest BCUT2D eigenvalue weighted by Crippen LogP contribution is -2.28. The molecule has 1 aromatic carbocycles. The lowest BCUT2D eigenvalue weighted by molar-refractivity contribution is 0.0801. The van der Waals surface area contributed by atoms with E-state index in [1.54, 1.807) is 12.0 Å². The van der Waals surface area contributed by atoms with Gasteiger partial charge in [0.15, 0.2) is 0 Å². The van der Waals surface area contributed by atoms with Crippen molar-refractivity contribution in [2.75, 3.05) is 20.7 Å². The largest absolute Gasteiger partial charge is 0.497 e. The molecule has 0 radical (unpaired) electrons. The van der Waals surface area contributed by atoms with Gasteiger partial charge < -0.3 is 9.64 Å². The third-order valence-electron chi connectivity index (χ3n) is 2.97. The number of carbonyl (C=O) groups excluding carboxylic acids is 1. The summed E-state index contributed by atoms with van der Waals surface area (Å²) in [5.74, 6) is 0.940. The van der Waals surface area contributed by atoms with Gasteiger partial charge in [-0.2, -0.15) is 0 Å². The monoisotopic (exact) mass is 275 g/mol. The fourth-order valence-corrected chi connectivity index (χ4v) is 2.50. The molecule has 0 saturated carbocycles. The fourth-order valence-electron chi connectivity index (χ4n) is 1.78. The highest BCUT2D eigenvalue weighted by atomic mass is 32.1. The van der Waals surface area contributed by atoms with Crippen LogP contribution in [0.25, 0.3) is 0 Å². The van der Waals surface area contributed by atoms with Crippen molar-refractivity contribution in [1.82, 2.24) is 4.90 Å². The van der Waals surface area contributed by atoms with E-state index < -0.39 is 0 Å². The Kier molecular flexibility index (Phi) is 4.58. The third-order valence-corrected chi connectivity index (χ3v) is 3.83. The maximum Gasteiger partial charge on any atom is 0.263 e. The molecule has 0 fully saturated rings. The predicted octanol–water partition coefficient (Wildman–Crippen LogP) is 3.07. The molecule has 0 aliphatic carbocycles. The zero-order valence-corrected chi connectivity index (χ0v) is 11.9. The highest BCUT2D eigenvalue weighted by Crippen LogP contribution is 2.14. The van der Waals surface area contributed by atoms with Crippen LogP contribution in [0.1, 0.15) is 15.2 Å². The molecule has 0 unspecified atom stereocenters. The summed E-state index contributed by atoms with van der Waals surface area (Å²) in [6.07, 6.45) is 0.845. The minimum atomic E-state index is 0.0866. The van der Waals surface area contributed by atoms with Crippen LogP contribution in [0.2, 0.25) is 0 Å². The summed E-state index contributed by atoms with van der Waals surface area (Å²) in [7, 11) is 3.49. The van der Waals surface area contributed by atoms with Gasteiger partial charge in [0, 0.05) is 13.6 Å². The van der Waals surface area contributed by atoms with Crippen LogP contribution in [0, 0.1) is 0 Å². The van der Waals surface area contributed by atoms with Crippen LogP contribution in [0.5, 0.6) is 5.75 Å². The van der Waals surface area contributed by atoms with Gasteiger partial charge in [-0.15, -0.1) is 11.3 Å². The van der Waals surface area contributed by atoms with Gasteiger partial charge in [0.2, 0.25) is 0 Å². The van der Waals surface area contributed by atoms with Crippen molar-refractivity contribution >= 4 is 17.2 Å². The van der Waals surface area contributed by atoms with Gasteiger partial charge in [-0.25, -0.2) is 0 Å². The van der Waals surface area contributed by atoms with Crippen molar-refractivity contribution in [1.29, 1.82) is 0 Å². The second-order valence-corrected chi connectivity index (χ2v) is 5.25. The zero-order valence-electron chi connectivity index (χ0n) is 11.1. The minimum absolute atomic E-state index is 0.0866. The Morgan fingerprint density at radius 1 is 1.26 bits per heavy atom. The summed E-state index contributed by atoms with van der Waals surface area (Å²) in [5, 5.41) is 1.92. The number of hydrogen-bond donors (Lipinski definition) is 0. The fraction of sp³-hybridized carbons (Fsp3) is 0.267. The van der Waals surface area contributed by atoms with E-state index in [0.29, 0.717) is 6.54 Å². The molecule has 100 valence electrons. The van der Waals surface area contributed by atoms with Gasteiger partial charge in [0.05, 0.1) is 12.0 Å². The molecule has 0 atom stereocenters. The van der Waals surface area contributed by atoms with Crippen LogP contribution < -0.4 is 4.74 Å². The first-order chi connectivity index (χ1) is 9.20. The first kappa shape index (κ1) is 13.6. The molecule has 0 bridgehead atoms. The van der Waals surface area contributed by atoms with E-state index in [1.165, 1.54) is 16.9 Å². The predicted molar refractivity (Wildman–Crippen MR) is 78.0 cm³/mol. The molecule has 1 aromatic heterocycles. The van der Waals surface area contributed by atoms with Gasteiger partial charge in [0.25, 0.3) is 5.91 Å². The average Bonchev–Trinajstić information content (AvgIpc) is 2.98. The maximum atomic E-state index is 12.0. The number of ether oxygens (including phenoxy) is 1. The average molecular weight is 275 g/mol. The van der Waals surface area contributed by atoms with E-state index in [-0.39, 0.29) is 5.91 Å². The number of methoxy groups -OCH3 is 1. The zero-order chi connectivity index (χ0) is 13.7. The van der Waals surface area contributed by atoms with E-state index in [4.69, 9.17) is 4.74 Å². The normalized spacial score (nSPS) is 10.2. The molecule has 0 aliphatic heterocycles. The molecule has 0 N–H and O–H groups in total. The topological polar surface area (TPSA) is 29.5 Å². The SMILES string of the molecule is COc1ccc(CCN(C)C(=O)c2cccs2)cc1. The smallest absolute Gasteiger partial charge is 0.263 e. The molecule has 2 rings (SSSR count). The highest BCUT2D eigenvalue weighted by Gasteiger charge is 2.11. The molecule has 0 spiro atoms. The molecular formula is C15H17NO2S. The van der Waals surface area contributed by atoms with E-state index in [0.717, 1.165) is 17.0 Å². The first-order valence-corrected chi connectivity index (χ1v) is 7.00.